The molecular weight excluding hydrogens is 250 g/mol. The maximum atomic E-state index is 12.3. The smallest absolute Gasteiger partial charge is 0.229 e. The number of nitrogens with one attached hydrogen (secondary N) is 2. The number of nitrogens with zero attached hydrogens (tertiary/aromatic N) is 1. The summed E-state index contributed by atoms with van der Waals surface area (Å²) in [5.74, 6) is -0.0103. The average Bonchev–Trinajstić information content (AvgIpc) is 2.49. The Kier molecular flexibility index (Phi) is 3.37. The van der Waals surface area contributed by atoms with E-state index in [1.165, 1.54) is 5.56 Å². The van der Waals surface area contributed by atoms with E-state index in [0.717, 1.165) is 23.5 Å². The van der Waals surface area contributed by atoms with Gasteiger partial charge in [0.1, 0.15) is 0 Å². The highest BCUT2D eigenvalue weighted by molar-refractivity contribution is 5.93. The van der Waals surface area contributed by atoms with Crippen LogP contribution in [0.1, 0.15) is 11.3 Å². The molecule has 2 N–H and O–H groups in total. The van der Waals surface area contributed by atoms with E-state index in [0.29, 0.717) is 6.54 Å². The molecule has 1 atom stereocenters. The second-order valence-electron chi connectivity index (χ2n) is 5.12. The van der Waals surface area contributed by atoms with Crippen LogP contribution in [0.3, 0.4) is 0 Å². The molecule has 4 nitrogen and oxygen atoms in total. The summed E-state index contributed by atoms with van der Waals surface area (Å²) in [6.07, 6.45) is 2.46. The standard InChI is InChI=1S/C16H17N3O/c1-11-6-7-14(10-17-11)19-16(20)13-8-12-4-2-3-5-15(12)18-9-13/h2-7,10,13,18H,8-9H2,1H3,(H,19,20). The van der Waals surface area contributed by atoms with Crippen LogP contribution in [-0.4, -0.2) is 17.4 Å². The van der Waals surface area contributed by atoms with Crippen LogP contribution in [0.15, 0.2) is 42.6 Å². The fourth-order valence-electron chi connectivity index (χ4n) is 2.41. The van der Waals surface area contributed by atoms with Crippen molar-refractivity contribution >= 4 is 17.3 Å². The van der Waals surface area contributed by atoms with Crippen molar-refractivity contribution in [3.05, 3.63) is 53.9 Å². The minimum atomic E-state index is -0.0498. The number of aryl methyl sites for hydroxylation is 1. The van der Waals surface area contributed by atoms with Crippen LogP contribution in [0.2, 0.25) is 0 Å². The first-order valence-corrected chi connectivity index (χ1v) is 6.77. The number of anilines is 2. The molecule has 1 aromatic carbocycles. The van der Waals surface area contributed by atoms with Gasteiger partial charge in [-0.1, -0.05) is 18.2 Å². The van der Waals surface area contributed by atoms with E-state index in [9.17, 15) is 4.79 Å². The summed E-state index contributed by atoms with van der Waals surface area (Å²) < 4.78 is 0. The first-order valence-electron chi connectivity index (χ1n) is 6.77. The fourth-order valence-corrected chi connectivity index (χ4v) is 2.41. The van der Waals surface area contributed by atoms with E-state index < -0.39 is 0 Å². The van der Waals surface area contributed by atoms with Crippen molar-refractivity contribution < 1.29 is 4.79 Å². The van der Waals surface area contributed by atoms with Crippen molar-refractivity contribution in [3.63, 3.8) is 0 Å². The number of carbonyl (C=O) groups excluding carboxylic acids is 1. The molecule has 2 aromatic rings. The van der Waals surface area contributed by atoms with Crippen molar-refractivity contribution in [2.24, 2.45) is 5.92 Å². The maximum absolute atomic E-state index is 12.3. The Morgan fingerprint density at radius 2 is 2.15 bits per heavy atom. The number of pyridine rings is 1. The summed E-state index contributed by atoms with van der Waals surface area (Å²) in [7, 11) is 0. The highest BCUT2D eigenvalue weighted by Crippen LogP contribution is 2.25. The summed E-state index contributed by atoms with van der Waals surface area (Å²) in [4.78, 5) is 16.5. The minimum absolute atomic E-state index is 0.0395. The van der Waals surface area contributed by atoms with E-state index >= 15 is 0 Å². The quantitative estimate of drug-likeness (QED) is 0.879. The minimum Gasteiger partial charge on any atom is -0.384 e. The number of carbonyl (C=O) groups is 1. The Morgan fingerprint density at radius 3 is 2.95 bits per heavy atom. The first-order chi connectivity index (χ1) is 9.72. The molecule has 0 saturated heterocycles. The number of aromatic nitrogens is 1. The molecule has 102 valence electrons. The van der Waals surface area contributed by atoms with Crippen LogP contribution in [0, 0.1) is 12.8 Å². The topological polar surface area (TPSA) is 54.0 Å². The Morgan fingerprint density at radius 1 is 1.30 bits per heavy atom. The molecule has 1 aliphatic heterocycles. The molecule has 0 spiro atoms. The van der Waals surface area contributed by atoms with Crippen LogP contribution in [0.25, 0.3) is 0 Å². The van der Waals surface area contributed by atoms with Crippen molar-refractivity contribution in [1.29, 1.82) is 0 Å². The third-order valence-corrected chi connectivity index (χ3v) is 3.57. The number of rotatable bonds is 2. The van der Waals surface area contributed by atoms with Gasteiger partial charge in [-0.2, -0.15) is 0 Å². The average molecular weight is 267 g/mol. The van der Waals surface area contributed by atoms with Crippen molar-refractivity contribution in [1.82, 2.24) is 4.98 Å². The van der Waals surface area contributed by atoms with E-state index in [1.54, 1.807) is 6.20 Å². The van der Waals surface area contributed by atoms with Gasteiger partial charge in [-0.3, -0.25) is 9.78 Å². The highest BCUT2D eigenvalue weighted by Gasteiger charge is 2.24. The van der Waals surface area contributed by atoms with E-state index in [2.05, 4.69) is 21.7 Å². The molecule has 3 rings (SSSR count). The molecule has 1 unspecified atom stereocenters. The second-order valence-corrected chi connectivity index (χ2v) is 5.12. The predicted molar refractivity (Wildman–Crippen MR) is 79.7 cm³/mol. The summed E-state index contributed by atoms with van der Waals surface area (Å²) in [6.45, 7) is 2.59. The summed E-state index contributed by atoms with van der Waals surface area (Å²) in [6, 6.07) is 11.9. The monoisotopic (exact) mass is 267 g/mol. The highest BCUT2D eigenvalue weighted by atomic mass is 16.1. The molecule has 0 saturated carbocycles. The molecule has 1 aliphatic rings. The molecule has 0 bridgehead atoms. The zero-order chi connectivity index (χ0) is 13.9. The van der Waals surface area contributed by atoms with Crippen LogP contribution >= 0.6 is 0 Å². The largest absolute Gasteiger partial charge is 0.384 e. The van der Waals surface area contributed by atoms with Gasteiger partial charge in [0.25, 0.3) is 0 Å². The third-order valence-electron chi connectivity index (χ3n) is 3.57. The van der Waals surface area contributed by atoms with Crippen LogP contribution < -0.4 is 10.6 Å². The Balaban J connectivity index is 1.68. The van der Waals surface area contributed by atoms with Gasteiger partial charge in [-0.15, -0.1) is 0 Å². The number of para-hydroxylation sites is 1. The van der Waals surface area contributed by atoms with Gasteiger partial charge in [0.15, 0.2) is 0 Å². The fraction of sp³-hybridized carbons (Fsp3) is 0.250. The van der Waals surface area contributed by atoms with Crippen LogP contribution in [-0.2, 0) is 11.2 Å². The Bertz CT molecular complexity index is 622. The molecule has 4 heteroatoms. The molecular formula is C16H17N3O. The molecule has 1 amide bonds. The van der Waals surface area contributed by atoms with Gasteiger partial charge in [-0.05, 0) is 37.1 Å². The number of hydrogen-bond acceptors (Lipinski definition) is 3. The zero-order valence-electron chi connectivity index (χ0n) is 11.4. The molecule has 2 heterocycles. The van der Waals surface area contributed by atoms with Gasteiger partial charge in [0, 0.05) is 17.9 Å². The van der Waals surface area contributed by atoms with Gasteiger partial charge < -0.3 is 10.6 Å². The van der Waals surface area contributed by atoms with Gasteiger partial charge in [0.05, 0.1) is 17.8 Å². The zero-order valence-corrected chi connectivity index (χ0v) is 11.4. The number of benzene rings is 1. The summed E-state index contributed by atoms with van der Waals surface area (Å²) in [5, 5.41) is 6.24. The Hall–Kier alpha value is -2.36. The van der Waals surface area contributed by atoms with Crippen LogP contribution in [0.4, 0.5) is 11.4 Å². The SMILES string of the molecule is Cc1ccc(NC(=O)C2CNc3ccccc3C2)cn1. The summed E-state index contributed by atoms with van der Waals surface area (Å²) >= 11 is 0. The van der Waals surface area contributed by atoms with Crippen molar-refractivity contribution in [3.8, 4) is 0 Å². The van der Waals surface area contributed by atoms with Gasteiger partial charge in [-0.25, -0.2) is 0 Å². The van der Waals surface area contributed by atoms with E-state index in [4.69, 9.17) is 0 Å². The van der Waals surface area contributed by atoms with Crippen molar-refractivity contribution in [2.75, 3.05) is 17.2 Å². The molecule has 0 fully saturated rings. The number of amides is 1. The number of fused-ring (bicyclic) bond motifs is 1. The first kappa shape index (κ1) is 12.7. The van der Waals surface area contributed by atoms with Crippen molar-refractivity contribution in [2.45, 2.75) is 13.3 Å². The normalized spacial score (nSPS) is 16.9. The predicted octanol–water partition coefficient (Wildman–Crippen LogP) is 2.61. The Labute approximate surface area is 118 Å². The maximum Gasteiger partial charge on any atom is 0.229 e. The van der Waals surface area contributed by atoms with E-state index in [-0.39, 0.29) is 11.8 Å². The molecule has 1 aromatic heterocycles. The third kappa shape index (κ3) is 2.64. The molecule has 0 radical (unpaired) electrons. The lowest BCUT2D eigenvalue weighted by atomic mass is 9.93. The second kappa shape index (κ2) is 5.33. The molecule has 0 aliphatic carbocycles. The number of hydrogen-bond donors (Lipinski definition) is 2. The lowest BCUT2D eigenvalue weighted by molar-refractivity contribution is -0.119. The van der Waals surface area contributed by atoms with Gasteiger partial charge >= 0.3 is 0 Å². The lowest BCUT2D eigenvalue weighted by Crippen LogP contribution is -2.33. The molecule has 20 heavy (non-hydrogen) atoms. The summed E-state index contributed by atoms with van der Waals surface area (Å²) in [5.41, 5.74) is 4.02. The van der Waals surface area contributed by atoms with E-state index in [1.807, 2.05) is 37.3 Å². The van der Waals surface area contributed by atoms with Crippen LogP contribution in [0.5, 0.6) is 0 Å². The van der Waals surface area contributed by atoms with Gasteiger partial charge in [0.2, 0.25) is 5.91 Å². The lowest BCUT2D eigenvalue weighted by Gasteiger charge is -2.25.